The van der Waals surface area contributed by atoms with E-state index in [0.29, 0.717) is 16.7 Å². The van der Waals surface area contributed by atoms with E-state index in [0.717, 1.165) is 0 Å². The van der Waals surface area contributed by atoms with Crippen LogP contribution >= 0.6 is 0 Å². The Hall–Kier alpha value is -1.84. The van der Waals surface area contributed by atoms with Gasteiger partial charge in [0.2, 0.25) is 5.91 Å². The molecule has 1 aromatic carbocycles. The summed E-state index contributed by atoms with van der Waals surface area (Å²) in [6, 6.07) is 4.64. The highest BCUT2D eigenvalue weighted by atomic mass is 19.1. The molecule has 2 rings (SSSR count). The smallest absolute Gasteiger partial charge is 0.228 e. The van der Waals surface area contributed by atoms with E-state index in [2.05, 4.69) is 0 Å². The number of methoxy groups -OCH3 is 1. The van der Waals surface area contributed by atoms with Crippen molar-refractivity contribution < 1.29 is 13.9 Å². The van der Waals surface area contributed by atoms with Crippen molar-refractivity contribution in [3.8, 4) is 5.75 Å². The first-order chi connectivity index (χ1) is 8.13. The zero-order valence-corrected chi connectivity index (χ0v) is 10.5. The molecule has 0 N–H and O–H groups in total. The SMILES string of the molecule is CC.COc1cc(F)c2c(ccn2C(C)=O)c1. The van der Waals surface area contributed by atoms with E-state index in [1.165, 1.54) is 24.7 Å². The minimum atomic E-state index is -0.454. The molecule has 0 saturated heterocycles. The molecule has 0 saturated carbocycles. The number of rotatable bonds is 1. The summed E-state index contributed by atoms with van der Waals surface area (Å²) in [6.45, 7) is 5.39. The molecular weight excluding hydrogens is 221 g/mol. The summed E-state index contributed by atoms with van der Waals surface area (Å²) in [5.74, 6) is -0.222. The molecule has 92 valence electrons. The van der Waals surface area contributed by atoms with Gasteiger partial charge in [0.15, 0.2) is 5.82 Å². The Kier molecular flexibility index (Phi) is 4.26. The molecule has 1 heterocycles. The summed E-state index contributed by atoms with van der Waals surface area (Å²) in [4.78, 5) is 11.2. The van der Waals surface area contributed by atoms with Gasteiger partial charge in [-0.2, -0.15) is 0 Å². The Balaban J connectivity index is 0.000000686. The standard InChI is InChI=1S/C11H10FNO2.C2H6/c1-7(14)13-4-3-8-5-9(15-2)6-10(12)11(8)13;1-2/h3-6H,1-2H3;1-2H3. The Labute approximate surface area is 99.8 Å². The van der Waals surface area contributed by atoms with Crippen LogP contribution < -0.4 is 4.74 Å². The Morgan fingerprint density at radius 3 is 2.53 bits per heavy atom. The van der Waals surface area contributed by atoms with Crippen LogP contribution in [0.4, 0.5) is 4.39 Å². The van der Waals surface area contributed by atoms with Crippen LogP contribution in [-0.4, -0.2) is 17.6 Å². The van der Waals surface area contributed by atoms with Gasteiger partial charge in [-0.15, -0.1) is 0 Å². The summed E-state index contributed by atoms with van der Waals surface area (Å²) in [6.07, 6.45) is 1.55. The lowest BCUT2D eigenvalue weighted by molar-refractivity contribution is 0.0941. The molecule has 2 aromatic rings. The number of nitrogens with zero attached hydrogens (tertiary/aromatic N) is 1. The van der Waals surface area contributed by atoms with E-state index >= 15 is 0 Å². The van der Waals surface area contributed by atoms with Crippen LogP contribution in [0.15, 0.2) is 24.4 Å². The molecule has 0 aliphatic rings. The average Bonchev–Trinajstić information content (AvgIpc) is 2.76. The van der Waals surface area contributed by atoms with Crippen LogP contribution in [-0.2, 0) is 0 Å². The summed E-state index contributed by atoms with van der Waals surface area (Å²) >= 11 is 0. The van der Waals surface area contributed by atoms with Gasteiger partial charge in [-0.3, -0.25) is 9.36 Å². The minimum Gasteiger partial charge on any atom is -0.497 e. The predicted molar refractivity (Wildman–Crippen MR) is 66.1 cm³/mol. The first kappa shape index (κ1) is 13.2. The number of ether oxygens (including phenoxy) is 1. The van der Waals surface area contributed by atoms with Crippen molar-refractivity contribution in [1.82, 2.24) is 4.57 Å². The second-order valence-corrected chi connectivity index (χ2v) is 3.25. The monoisotopic (exact) mass is 237 g/mol. The van der Waals surface area contributed by atoms with E-state index in [4.69, 9.17) is 4.74 Å². The Morgan fingerprint density at radius 2 is 2.00 bits per heavy atom. The van der Waals surface area contributed by atoms with Gasteiger partial charge < -0.3 is 4.74 Å². The van der Waals surface area contributed by atoms with Crippen molar-refractivity contribution in [2.75, 3.05) is 7.11 Å². The van der Waals surface area contributed by atoms with Gasteiger partial charge in [-0.1, -0.05) is 13.8 Å². The van der Waals surface area contributed by atoms with Gasteiger partial charge in [0.1, 0.15) is 5.75 Å². The third-order valence-electron chi connectivity index (χ3n) is 2.29. The van der Waals surface area contributed by atoms with E-state index in [1.807, 2.05) is 13.8 Å². The van der Waals surface area contributed by atoms with Crippen LogP contribution in [0, 0.1) is 5.82 Å². The topological polar surface area (TPSA) is 31.2 Å². The van der Waals surface area contributed by atoms with Gasteiger partial charge in [-0.05, 0) is 12.1 Å². The number of carbonyl (C=O) groups is 1. The molecule has 0 radical (unpaired) electrons. The average molecular weight is 237 g/mol. The molecule has 0 aliphatic carbocycles. The van der Waals surface area contributed by atoms with Crippen LogP contribution in [0.5, 0.6) is 5.75 Å². The Bertz CT molecular complexity index is 531. The third kappa shape index (κ3) is 2.46. The number of benzene rings is 1. The van der Waals surface area contributed by atoms with Gasteiger partial charge in [-0.25, -0.2) is 4.39 Å². The van der Waals surface area contributed by atoms with Gasteiger partial charge >= 0.3 is 0 Å². The third-order valence-corrected chi connectivity index (χ3v) is 2.29. The van der Waals surface area contributed by atoms with Crippen molar-refractivity contribution >= 4 is 16.8 Å². The fraction of sp³-hybridized carbons (Fsp3) is 0.308. The van der Waals surface area contributed by atoms with E-state index < -0.39 is 5.82 Å². The quantitative estimate of drug-likeness (QED) is 0.760. The number of hydrogen-bond acceptors (Lipinski definition) is 2. The highest BCUT2D eigenvalue weighted by Crippen LogP contribution is 2.25. The number of aromatic nitrogens is 1. The number of hydrogen-bond donors (Lipinski definition) is 0. The van der Waals surface area contributed by atoms with Crippen molar-refractivity contribution in [2.24, 2.45) is 0 Å². The van der Waals surface area contributed by atoms with E-state index in [9.17, 15) is 9.18 Å². The first-order valence-electron chi connectivity index (χ1n) is 5.49. The maximum Gasteiger partial charge on any atom is 0.228 e. The zero-order valence-electron chi connectivity index (χ0n) is 10.5. The molecule has 0 bridgehead atoms. The molecule has 3 nitrogen and oxygen atoms in total. The van der Waals surface area contributed by atoms with E-state index in [-0.39, 0.29) is 5.91 Å². The fourth-order valence-electron chi connectivity index (χ4n) is 1.59. The highest BCUT2D eigenvalue weighted by molar-refractivity contribution is 5.92. The van der Waals surface area contributed by atoms with Gasteiger partial charge in [0, 0.05) is 24.6 Å². The molecule has 0 aliphatic heterocycles. The van der Waals surface area contributed by atoms with Crippen molar-refractivity contribution in [1.29, 1.82) is 0 Å². The molecule has 0 fully saturated rings. The first-order valence-corrected chi connectivity index (χ1v) is 5.49. The molecular formula is C13H16FNO2. The van der Waals surface area contributed by atoms with Gasteiger partial charge in [0.05, 0.1) is 12.6 Å². The maximum atomic E-state index is 13.6. The van der Waals surface area contributed by atoms with Crippen molar-refractivity contribution in [3.05, 3.63) is 30.2 Å². The van der Waals surface area contributed by atoms with Crippen LogP contribution in [0.2, 0.25) is 0 Å². The Morgan fingerprint density at radius 1 is 1.35 bits per heavy atom. The lowest BCUT2D eigenvalue weighted by atomic mass is 10.2. The second-order valence-electron chi connectivity index (χ2n) is 3.25. The molecule has 1 aromatic heterocycles. The van der Waals surface area contributed by atoms with Crippen molar-refractivity contribution in [3.63, 3.8) is 0 Å². The number of fused-ring (bicyclic) bond motifs is 1. The summed E-state index contributed by atoms with van der Waals surface area (Å²) in [5.41, 5.74) is 0.295. The van der Waals surface area contributed by atoms with Crippen LogP contribution in [0.25, 0.3) is 10.9 Å². The molecule has 0 amide bonds. The summed E-state index contributed by atoms with van der Waals surface area (Å²) < 4.78 is 19.9. The fourth-order valence-corrected chi connectivity index (χ4v) is 1.59. The predicted octanol–water partition coefficient (Wildman–Crippen LogP) is 3.48. The lowest BCUT2D eigenvalue weighted by Gasteiger charge is -2.03. The molecule has 0 unspecified atom stereocenters. The van der Waals surface area contributed by atoms with E-state index in [1.54, 1.807) is 18.3 Å². The number of halogens is 1. The normalized spacial score (nSPS) is 9.71. The number of carbonyl (C=O) groups excluding carboxylic acids is 1. The minimum absolute atomic E-state index is 0.214. The molecule has 0 atom stereocenters. The molecule has 17 heavy (non-hydrogen) atoms. The second kappa shape index (κ2) is 5.48. The van der Waals surface area contributed by atoms with Gasteiger partial charge in [0.25, 0.3) is 0 Å². The van der Waals surface area contributed by atoms with Crippen molar-refractivity contribution in [2.45, 2.75) is 20.8 Å². The summed E-state index contributed by atoms with van der Waals surface area (Å²) in [5, 5.41) is 0.655. The van der Waals surface area contributed by atoms with Crippen LogP contribution in [0.3, 0.4) is 0 Å². The highest BCUT2D eigenvalue weighted by Gasteiger charge is 2.11. The molecule has 4 heteroatoms. The lowest BCUT2D eigenvalue weighted by Crippen LogP contribution is -2.04. The molecule has 0 spiro atoms. The summed E-state index contributed by atoms with van der Waals surface area (Å²) in [7, 11) is 1.47. The zero-order chi connectivity index (χ0) is 13.0. The maximum absolute atomic E-state index is 13.6. The van der Waals surface area contributed by atoms with Crippen LogP contribution in [0.1, 0.15) is 25.6 Å². The largest absolute Gasteiger partial charge is 0.497 e.